The molecule has 0 aliphatic rings. The molecule has 10 heavy (non-hydrogen) atoms. The lowest BCUT2D eigenvalue weighted by Crippen LogP contribution is -2.19. The molecule has 1 unspecified atom stereocenters. The van der Waals surface area contributed by atoms with Gasteiger partial charge in [0.1, 0.15) is 0 Å². The van der Waals surface area contributed by atoms with E-state index < -0.39 is 0 Å². The topological polar surface area (TPSA) is 64.4 Å². The summed E-state index contributed by atoms with van der Waals surface area (Å²) < 4.78 is 0. The van der Waals surface area contributed by atoms with Gasteiger partial charge in [0.05, 0.1) is 0 Å². The van der Waals surface area contributed by atoms with Crippen LogP contribution in [-0.4, -0.2) is 19.8 Å². The number of hydrogen-bond acceptors (Lipinski definition) is 3. The Balaban J connectivity index is 3.79. The number of nitrogens with zero attached hydrogens (tertiary/aromatic N) is 1. The number of aliphatic imine (C=N–C) groups is 1. The minimum absolute atomic E-state index is 0.211. The predicted molar refractivity (Wildman–Crippen MR) is 44.9 cm³/mol. The van der Waals surface area contributed by atoms with Gasteiger partial charge in [0.25, 0.3) is 0 Å². The summed E-state index contributed by atoms with van der Waals surface area (Å²) in [5.41, 5.74) is 11.5. The van der Waals surface area contributed by atoms with Crippen molar-refractivity contribution in [1.29, 1.82) is 0 Å². The van der Waals surface area contributed by atoms with E-state index in [1.807, 2.05) is 0 Å². The third-order valence-electron chi connectivity index (χ3n) is 1.47. The van der Waals surface area contributed by atoms with Gasteiger partial charge in [0.2, 0.25) is 0 Å². The molecule has 0 aliphatic heterocycles. The van der Waals surface area contributed by atoms with Crippen LogP contribution in [0.4, 0.5) is 0 Å². The lowest BCUT2D eigenvalue weighted by molar-refractivity contribution is 0.576. The molecule has 0 aromatic rings. The van der Waals surface area contributed by atoms with E-state index in [0.29, 0.717) is 13.1 Å². The Bertz CT molecular complexity index is 120. The third kappa shape index (κ3) is 2.75. The van der Waals surface area contributed by atoms with Crippen molar-refractivity contribution in [3.05, 3.63) is 12.3 Å². The highest BCUT2D eigenvalue weighted by Crippen LogP contribution is 2.10. The Morgan fingerprint density at radius 2 is 2.10 bits per heavy atom. The van der Waals surface area contributed by atoms with Crippen LogP contribution in [0.15, 0.2) is 17.3 Å². The van der Waals surface area contributed by atoms with E-state index in [-0.39, 0.29) is 5.92 Å². The lowest BCUT2D eigenvalue weighted by Gasteiger charge is -2.11. The van der Waals surface area contributed by atoms with Gasteiger partial charge in [-0.15, -0.1) is 0 Å². The number of rotatable bonds is 5. The van der Waals surface area contributed by atoms with Gasteiger partial charge in [0, 0.05) is 18.2 Å². The van der Waals surface area contributed by atoms with Crippen LogP contribution in [0.1, 0.15) is 6.42 Å². The third-order valence-corrected chi connectivity index (χ3v) is 1.47. The summed E-state index contributed by atoms with van der Waals surface area (Å²) in [6.07, 6.45) is 0.842. The van der Waals surface area contributed by atoms with Crippen LogP contribution in [0.2, 0.25) is 0 Å². The van der Waals surface area contributed by atoms with Crippen molar-refractivity contribution in [2.24, 2.45) is 22.4 Å². The molecule has 1 atom stereocenters. The number of hydrogen-bond donors (Lipinski definition) is 2. The normalized spacial score (nSPS) is 12.6. The van der Waals surface area contributed by atoms with Crippen molar-refractivity contribution in [2.45, 2.75) is 6.42 Å². The fraction of sp³-hybridized carbons (Fsp3) is 0.571. The molecule has 0 rings (SSSR count). The van der Waals surface area contributed by atoms with Gasteiger partial charge in [-0.25, -0.2) is 0 Å². The first-order valence-corrected chi connectivity index (χ1v) is 3.32. The fourth-order valence-corrected chi connectivity index (χ4v) is 0.751. The molecule has 0 aromatic carbocycles. The molecular weight excluding hydrogens is 126 g/mol. The summed E-state index contributed by atoms with van der Waals surface area (Å²) in [5, 5.41) is 0. The van der Waals surface area contributed by atoms with Crippen LogP contribution in [0.25, 0.3) is 0 Å². The Hall–Kier alpha value is -0.670. The zero-order valence-corrected chi connectivity index (χ0v) is 6.21. The van der Waals surface area contributed by atoms with Gasteiger partial charge >= 0.3 is 0 Å². The minimum atomic E-state index is 0.211. The summed E-state index contributed by atoms with van der Waals surface area (Å²) >= 11 is 0. The van der Waals surface area contributed by atoms with E-state index >= 15 is 0 Å². The highest BCUT2D eigenvalue weighted by Gasteiger charge is 2.06. The molecule has 3 nitrogen and oxygen atoms in total. The van der Waals surface area contributed by atoms with Gasteiger partial charge in [-0.3, -0.25) is 4.99 Å². The van der Waals surface area contributed by atoms with Crippen LogP contribution >= 0.6 is 0 Å². The van der Waals surface area contributed by atoms with Crippen LogP contribution in [0, 0.1) is 5.92 Å². The molecule has 0 bridgehead atoms. The van der Waals surface area contributed by atoms with E-state index in [4.69, 9.17) is 11.5 Å². The zero-order valence-electron chi connectivity index (χ0n) is 6.21. The number of nitrogens with two attached hydrogens (primary N) is 2. The van der Waals surface area contributed by atoms with E-state index in [1.165, 1.54) is 0 Å². The second-order valence-electron chi connectivity index (χ2n) is 2.16. The molecule has 0 aromatic heterocycles. The average molecular weight is 141 g/mol. The second-order valence-corrected chi connectivity index (χ2v) is 2.16. The molecule has 0 saturated heterocycles. The Kier molecular flexibility index (Phi) is 4.80. The van der Waals surface area contributed by atoms with Gasteiger partial charge in [0.15, 0.2) is 0 Å². The highest BCUT2D eigenvalue weighted by atomic mass is 14.7. The molecule has 0 spiro atoms. The first-order valence-electron chi connectivity index (χ1n) is 3.32. The van der Waals surface area contributed by atoms with Crippen molar-refractivity contribution in [3.63, 3.8) is 0 Å². The summed E-state index contributed by atoms with van der Waals surface area (Å²) in [4.78, 5) is 3.70. The molecule has 58 valence electrons. The van der Waals surface area contributed by atoms with Crippen LogP contribution in [0.3, 0.4) is 0 Å². The maximum atomic E-state index is 5.43. The van der Waals surface area contributed by atoms with Crippen molar-refractivity contribution < 1.29 is 0 Å². The van der Waals surface area contributed by atoms with Crippen LogP contribution in [-0.2, 0) is 0 Å². The Morgan fingerprint density at radius 3 is 2.40 bits per heavy atom. The summed E-state index contributed by atoms with van der Waals surface area (Å²) in [7, 11) is 0. The molecular formula is C7H15N3. The van der Waals surface area contributed by atoms with Crippen molar-refractivity contribution in [1.82, 2.24) is 0 Å². The maximum Gasteiger partial charge on any atom is 0.0368 e. The molecule has 0 amide bonds. The Labute approximate surface area is 61.8 Å². The minimum Gasteiger partial charge on any atom is -0.330 e. The van der Waals surface area contributed by atoms with Gasteiger partial charge in [-0.05, 0) is 19.7 Å². The van der Waals surface area contributed by atoms with E-state index in [9.17, 15) is 0 Å². The second kappa shape index (κ2) is 5.14. The van der Waals surface area contributed by atoms with Crippen molar-refractivity contribution in [2.75, 3.05) is 13.1 Å². The van der Waals surface area contributed by atoms with Gasteiger partial charge < -0.3 is 11.5 Å². The van der Waals surface area contributed by atoms with Crippen LogP contribution < -0.4 is 11.5 Å². The molecule has 0 heterocycles. The highest BCUT2D eigenvalue weighted by molar-refractivity contribution is 5.28. The average Bonchev–Trinajstić information content (AvgIpc) is 1.99. The molecule has 4 N–H and O–H groups in total. The fourth-order valence-electron chi connectivity index (χ4n) is 0.751. The molecule has 0 fully saturated rings. The van der Waals surface area contributed by atoms with Crippen LogP contribution in [0.5, 0.6) is 0 Å². The molecule has 3 heteroatoms. The maximum absolute atomic E-state index is 5.43. The van der Waals surface area contributed by atoms with Gasteiger partial charge in [-0.2, -0.15) is 0 Å². The first-order chi connectivity index (χ1) is 4.76. The molecule has 0 saturated carbocycles. The van der Waals surface area contributed by atoms with Crippen molar-refractivity contribution in [3.8, 4) is 0 Å². The lowest BCUT2D eigenvalue weighted by atomic mass is 10.0. The quantitative estimate of drug-likeness (QED) is 0.534. The van der Waals surface area contributed by atoms with E-state index in [0.717, 1.165) is 12.1 Å². The predicted octanol–water partition coefficient (Wildman–Crippen LogP) is 0.124. The standard InChI is InChI=1S/C7H15N3/c1-6(10-2)7(5-9)3-4-8/h7H,1-5,8-9H2. The summed E-state index contributed by atoms with van der Waals surface area (Å²) in [6.45, 7) is 8.24. The van der Waals surface area contributed by atoms with E-state index in [1.54, 1.807) is 0 Å². The Morgan fingerprint density at radius 1 is 1.50 bits per heavy atom. The van der Waals surface area contributed by atoms with Crippen molar-refractivity contribution >= 4 is 6.72 Å². The largest absolute Gasteiger partial charge is 0.330 e. The smallest absolute Gasteiger partial charge is 0.0368 e. The SMILES string of the molecule is C=NC(=C)C(CN)CCN. The van der Waals surface area contributed by atoms with E-state index in [2.05, 4.69) is 18.3 Å². The molecule has 0 radical (unpaired) electrons. The monoisotopic (exact) mass is 141 g/mol. The van der Waals surface area contributed by atoms with Gasteiger partial charge in [-0.1, -0.05) is 6.58 Å². The first kappa shape index (κ1) is 9.33. The summed E-state index contributed by atoms with van der Waals surface area (Å²) in [5.74, 6) is 0.211. The molecule has 0 aliphatic carbocycles. The zero-order chi connectivity index (χ0) is 7.98. The summed E-state index contributed by atoms with van der Waals surface area (Å²) in [6, 6.07) is 0.